The number of carbonyl (C=O) groups excluding carboxylic acids is 1. The standard InChI is InChI=1S/C20H22Cl2N4O2S2/c21-14-11-15(22)13-16(12-14)24-20(29)23-9-5-1-2-6-10-28-18-8-4-3-7-17(18)25-19(27)26-30/h3-4,7-8,11-13H,1-2,5-6,9-10H2,(H,25,27)(H2,23,24,29). The Hall–Kier alpha value is -2.00. The maximum absolute atomic E-state index is 11.3. The van der Waals surface area contributed by atoms with Crippen LogP contribution in [0.1, 0.15) is 25.7 Å². The van der Waals surface area contributed by atoms with Gasteiger partial charge in [0.1, 0.15) is 5.75 Å². The summed E-state index contributed by atoms with van der Waals surface area (Å²) in [6.07, 6.45) is 3.93. The predicted molar refractivity (Wildman–Crippen MR) is 130 cm³/mol. The van der Waals surface area contributed by atoms with Gasteiger partial charge < -0.3 is 20.7 Å². The Morgan fingerprint density at radius 1 is 1.00 bits per heavy atom. The molecule has 0 aliphatic carbocycles. The molecule has 0 atom stereocenters. The predicted octanol–water partition coefficient (Wildman–Crippen LogP) is 6.18. The maximum Gasteiger partial charge on any atom is 0.356 e. The molecule has 0 saturated carbocycles. The highest BCUT2D eigenvalue weighted by Crippen LogP contribution is 2.24. The van der Waals surface area contributed by atoms with Gasteiger partial charge >= 0.3 is 6.03 Å². The smallest absolute Gasteiger partial charge is 0.356 e. The van der Waals surface area contributed by atoms with Crippen molar-refractivity contribution in [3.63, 3.8) is 0 Å². The fourth-order valence-corrected chi connectivity index (χ4v) is 3.39. The number of thiocarbonyl (C=S) groups is 1. The van der Waals surface area contributed by atoms with E-state index in [1.54, 1.807) is 36.4 Å². The normalized spacial score (nSPS) is 10.2. The molecule has 0 heterocycles. The zero-order valence-corrected chi connectivity index (χ0v) is 19.3. The lowest BCUT2D eigenvalue weighted by molar-refractivity contribution is 0.259. The highest BCUT2D eigenvalue weighted by Gasteiger charge is 2.06. The van der Waals surface area contributed by atoms with E-state index in [4.69, 9.17) is 40.2 Å². The number of unbranched alkanes of at least 4 members (excludes halogenated alkanes) is 3. The van der Waals surface area contributed by atoms with Crippen molar-refractivity contribution in [3.8, 4) is 5.75 Å². The molecule has 0 aromatic heterocycles. The molecule has 0 radical (unpaired) electrons. The first kappa shape index (κ1) is 24.3. The highest BCUT2D eigenvalue weighted by molar-refractivity contribution is 7.80. The second-order valence-electron chi connectivity index (χ2n) is 6.32. The number of amides is 2. The van der Waals surface area contributed by atoms with Crippen molar-refractivity contribution in [1.29, 1.82) is 0 Å². The van der Waals surface area contributed by atoms with Gasteiger partial charge in [-0.2, -0.15) is 0 Å². The number of nitrogens with zero attached hydrogens (tertiary/aromatic N) is 1. The Bertz CT molecular complexity index is 863. The Balaban J connectivity index is 1.58. The number of hydrogen-bond acceptors (Lipinski definition) is 4. The zero-order chi connectivity index (χ0) is 21.8. The van der Waals surface area contributed by atoms with Crippen molar-refractivity contribution in [3.05, 3.63) is 52.5 Å². The lowest BCUT2D eigenvalue weighted by Crippen LogP contribution is -2.29. The minimum absolute atomic E-state index is 0.529. The molecule has 0 aliphatic rings. The lowest BCUT2D eigenvalue weighted by Gasteiger charge is -2.12. The third kappa shape index (κ3) is 9.21. The van der Waals surface area contributed by atoms with E-state index in [2.05, 4.69) is 32.7 Å². The first-order valence-electron chi connectivity index (χ1n) is 9.35. The number of para-hydroxylation sites is 2. The molecule has 2 rings (SSSR count). The van der Waals surface area contributed by atoms with E-state index in [-0.39, 0.29) is 0 Å². The first-order chi connectivity index (χ1) is 14.5. The van der Waals surface area contributed by atoms with Crippen molar-refractivity contribution in [1.82, 2.24) is 5.32 Å². The summed E-state index contributed by atoms with van der Waals surface area (Å²) in [7, 11) is 0. The van der Waals surface area contributed by atoms with Gasteiger partial charge in [-0.1, -0.05) is 48.2 Å². The van der Waals surface area contributed by atoms with Crippen LogP contribution in [0, 0.1) is 0 Å². The molecular formula is C20H22Cl2N4O2S2. The van der Waals surface area contributed by atoms with Gasteiger partial charge in [-0.25, -0.2) is 4.79 Å². The number of halogens is 2. The average Bonchev–Trinajstić information content (AvgIpc) is 2.70. The van der Waals surface area contributed by atoms with E-state index in [1.165, 1.54) is 0 Å². The molecule has 3 N–H and O–H groups in total. The zero-order valence-electron chi connectivity index (χ0n) is 16.1. The summed E-state index contributed by atoms with van der Waals surface area (Å²) in [5.41, 5.74) is 1.31. The minimum Gasteiger partial charge on any atom is -0.491 e. The second kappa shape index (κ2) is 13.3. The van der Waals surface area contributed by atoms with Crippen LogP contribution in [0.4, 0.5) is 16.2 Å². The van der Waals surface area contributed by atoms with Crippen LogP contribution in [0.15, 0.2) is 46.8 Å². The molecular weight excluding hydrogens is 463 g/mol. The molecule has 0 unspecified atom stereocenters. The van der Waals surface area contributed by atoms with Gasteiger partial charge in [-0.05, 0) is 55.4 Å². The number of ether oxygens (including phenoxy) is 1. The van der Waals surface area contributed by atoms with E-state index in [0.717, 1.165) is 37.9 Å². The third-order valence-corrected chi connectivity index (χ3v) is 4.79. The monoisotopic (exact) mass is 484 g/mol. The number of hydrogen-bond donors (Lipinski definition) is 3. The first-order valence-corrected chi connectivity index (χ1v) is 10.9. The molecule has 0 aliphatic heterocycles. The Morgan fingerprint density at radius 3 is 2.43 bits per heavy atom. The second-order valence-corrected chi connectivity index (χ2v) is 7.78. The molecule has 0 fully saturated rings. The number of anilines is 2. The van der Waals surface area contributed by atoms with Crippen LogP contribution in [0.2, 0.25) is 10.0 Å². The fourth-order valence-electron chi connectivity index (χ4n) is 2.60. The van der Waals surface area contributed by atoms with Gasteiger partial charge in [0, 0.05) is 34.7 Å². The van der Waals surface area contributed by atoms with Gasteiger partial charge in [0.15, 0.2) is 5.11 Å². The molecule has 0 bridgehead atoms. The molecule has 30 heavy (non-hydrogen) atoms. The quantitative estimate of drug-likeness (QED) is 0.276. The summed E-state index contributed by atoms with van der Waals surface area (Å²) in [5, 5.41) is 10.4. The van der Waals surface area contributed by atoms with E-state index in [9.17, 15) is 4.79 Å². The number of carbonyl (C=O) groups is 1. The van der Waals surface area contributed by atoms with Crippen molar-refractivity contribution in [2.24, 2.45) is 4.36 Å². The van der Waals surface area contributed by atoms with E-state index >= 15 is 0 Å². The summed E-state index contributed by atoms with van der Waals surface area (Å²) < 4.78 is 8.91. The summed E-state index contributed by atoms with van der Waals surface area (Å²) in [5.74, 6) is 0.601. The number of nitrogens with one attached hydrogen (secondary N) is 3. The van der Waals surface area contributed by atoms with Crippen LogP contribution in [0.5, 0.6) is 5.75 Å². The molecule has 160 valence electrons. The van der Waals surface area contributed by atoms with Gasteiger partial charge in [0.2, 0.25) is 0 Å². The lowest BCUT2D eigenvalue weighted by atomic mass is 10.2. The largest absolute Gasteiger partial charge is 0.491 e. The third-order valence-electron chi connectivity index (χ3n) is 3.95. The molecule has 2 aromatic carbocycles. The average molecular weight is 485 g/mol. The summed E-state index contributed by atoms with van der Waals surface area (Å²) in [4.78, 5) is 11.3. The van der Waals surface area contributed by atoms with E-state index in [0.29, 0.717) is 33.2 Å². The van der Waals surface area contributed by atoms with Crippen molar-refractivity contribution in [2.45, 2.75) is 25.7 Å². The molecule has 10 heteroatoms. The SMILES string of the molecule is O=C(N=S)Nc1ccccc1OCCCCCCNC(=S)Nc1cc(Cl)cc(Cl)c1. The topological polar surface area (TPSA) is 74.8 Å². The van der Waals surface area contributed by atoms with Crippen molar-refractivity contribution in [2.75, 3.05) is 23.8 Å². The van der Waals surface area contributed by atoms with Gasteiger partial charge in [-0.15, -0.1) is 4.36 Å². The van der Waals surface area contributed by atoms with Crippen molar-refractivity contribution < 1.29 is 9.53 Å². The summed E-state index contributed by atoms with van der Waals surface area (Å²) >= 11 is 21.6. The van der Waals surface area contributed by atoms with Crippen LogP contribution in [0.25, 0.3) is 0 Å². The van der Waals surface area contributed by atoms with Crippen LogP contribution >= 0.6 is 35.4 Å². The molecule has 6 nitrogen and oxygen atoms in total. The molecule has 2 aromatic rings. The van der Waals surface area contributed by atoms with Crippen LogP contribution in [0.3, 0.4) is 0 Å². The Morgan fingerprint density at radius 2 is 1.70 bits per heavy atom. The van der Waals surface area contributed by atoms with Gasteiger partial charge in [-0.3, -0.25) is 0 Å². The number of urea groups is 1. The van der Waals surface area contributed by atoms with Gasteiger partial charge in [0.05, 0.1) is 12.3 Å². The minimum atomic E-state index is -0.584. The van der Waals surface area contributed by atoms with Crippen LogP contribution in [-0.2, 0) is 12.4 Å². The molecule has 2 amide bonds. The maximum atomic E-state index is 11.3. The van der Waals surface area contributed by atoms with Crippen LogP contribution in [-0.4, -0.2) is 24.3 Å². The van der Waals surface area contributed by atoms with E-state index < -0.39 is 6.03 Å². The van der Waals surface area contributed by atoms with Crippen LogP contribution < -0.4 is 20.7 Å². The van der Waals surface area contributed by atoms with Crippen molar-refractivity contribution >= 4 is 70.4 Å². The van der Waals surface area contributed by atoms with Gasteiger partial charge in [0.25, 0.3) is 0 Å². The molecule has 0 spiro atoms. The Labute approximate surface area is 196 Å². The van der Waals surface area contributed by atoms with E-state index in [1.807, 2.05) is 6.07 Å². The molecule has 0 saturated heterocycles. The summed E-state index contributed by atoms with van der Waals surface area (Å²) in [6.45, 7) is 1.32. The Kier molecular flexibility index (Phi) is 10.8. The number of rotatable bonds is 10. The highest BCUT2D eigenvalue weighted by atomic mass is 35.5. The summed E-state index contributed by atoms with van der Waals surface area (Å²) in [6, 6.07) is 11.8. The fraction of sp³-hybridized carbons (Fsp3) is 0.300. The number of benzene rings is 2.